The first-order valence-corrected chi connectivity index (χ1v) is 29.2. The summed E-state index contributed by atoms with van der Waals surface area (Å²) in [5.41, 5.74) is 28.5. The first kappa shape index (κ1) is 45.9. The van der Waals surface area contributed by atoms with Crippen LogP contribution in [0.2, 0.25) is 0 Å². The van der Waals surface area contributed by atoms with Gasteiger partial charge >= 0.3 is 0 Å². The van der Waals surface area contributed by atoms with Crippen LogP contribution in [0.5, 0.6) is 23.0 Å². The molecule has 0 saturated heterocycles. The maximum atomic E-state index is 6.85. The van der Waals surface area contributed by atoms with Gasteiger partial charge in [-0.25, -0.2) is 0 Å². The molecule has 0 unspecified atom stereocenters. The quantitative estimate of drug-likeness (QED) is 0.175. The molecule has 0 atom stereocenters. The Bertz CT molecular complexity index is 4870. The summed E-state index contributed by atoms with van der Waals surface area (Å²) in [4.78, 5) is 2.60. The molecule has 3 heteroatoms. The van der Waals surface area contributed by atoms with Crippen molar-refractivity contribution in [1.29, 1.82) is 0 Å². The minimum absolute atomic E-state index is 0.546. The normalized spacial score (nSPS) is 14.9. The Labute approximate surface area is 487 Å². The van der Waals surface area contributed by atoms with Gasteiger partial charge < -0.3 is 14.4 Å². The fraction of sp³-hybridized carbons (Fsp3) is 0.0370. The van der Waals surface area contributed by atoms with Crippen LogP contribution >= 0.6 is 0 Å². The van der Waals surface area contributed by atoms with E-state index in [0.717, 1.165) is 73.4 Å². The smallest absolute Gasteiger partial charge is 0.132 e. The number of para-hydroxylation sites is 5. The van der Waals surface area contributed by atoms with Gasteiger partial charge in [0.2, 0.25) is 0 Å². The highest BCUT2D eigenvalue weighted by Crippen LogP contribution is 2.68. The highest BCUT2D eigenvalue weighted by molar-refractivity contribution is 6.03. The molecule has 0 bridgehead atoms. The average molecular weight is 1070 g/mol. The van der Waals surface area contributed by atoms with Crippen molar-refractivity contribution in [2.24, 2.45) is 0 Å². The van der Waals surface area contributed by atoms with Crippen molar-refractivity contribution in [1.82, 2.24) is 0 Å². The Morgan fingerprint density at radius 2 is 0.560 bits per heavy atom. The van der Waals surface area contributed by atoms with E-state index in [0.29, 0.717) is 0 Å². The maximum Gasteiger partial charge on any atom is 0.132 e. The Morgan fingerprint density at radius 3 is 1.07 bits per heavy atom. The molecule has 0 saturated carbocycles. The molecule has 3 nitrogen and oxygen atoms in total. The molecule has 13 aromatic rings. The molecule has 19 rings (SSSR count). The monoisotopic (exact) mass is 1070 g/mol. The van der Waals surface area contributed by atoms with Gasteiger partial charge in [0.15, 0.2) is 0 Å². The van der Waals surface area contributed by atoms with E-state index in [2.05, 4.69) is 302 Å². The third-order valence-corrected chi connectivity index (χ3v) is 19.6. The van der Waals surface area contributed by atoms with E-state index < -0.39 is 16.2 Å². The number of nitrogens with zero attached hydrogens (tertiary/aromatic N) is 1. The molecule has 13 aromatic carbocycles. The molecular weight excluding hydrogens is 1020 g/mol. The van der Waals surface area contributed by atoms with Gasteiger partial charge in [0.05, 0.1) is 27.6 Å². The summed E-state index contributed by atoms with van der Waals surface area (Å²) in [6, 6.07) is 111. The molecule has 2 heterocycles. The van der Waals surface area contributed by atoms with Gasteiger partial charge in [-0.3, -0.25) is 0 Å². The fourth-order valence-electron chi connectivity index (χ4n) is 16.6. The van der Waals surface area contributed by atoms with Crippen molar-refractivity contribution in [3.8, 4) is 78.6 Å². The molecule has 0 amide bonds. The van der Waals surface area contributed by atoms with Crippen molar-refractivity contribution in [3.63, 3.8) is 0 Å². The summed E-state index contributed by atoms with van der Waals surface area (Å²) >= 11 is 0. The largest absolute Gasteiger partial charge is 0.457 e. The highest BCUT2D eigenvalue weighted by atomic mass is 16.5. The van der Waals surface area contributed by atoms with E-state index >= 15 is 0 Å². The van der Waals surface area contributed by atoms with Gasteiger partial charge in [-0.1, -0.05) is 243 Å². The summed E-state index contributed by atoms with van der Waals surface area (Å²) in [5, 5.41) is 0. The molecule has 0 fully saturated rings. The number of rotatable bonds is 4. The third-order valence-electron chi connectivity index (χ3n) is 19.6. The van der Waals surface area contributed by atoms with Crippen LogP contribution in [0.4, 0.5) is 17.1 Å². The Kier molecular flexibility index (Phi) is 9.13. The lowest BCUT2D eigenvalue weighted by Gasteiger charge is -2.39. The molecular formula is C81H49NO2. The van der Waals surface area contributed by atoms with E-state index in [-0.39, 0.29) is 0 Å². The molecule has 390 valence electrons. The second-order valence-corrected chi connectivity index (χ2v) is 23.2. The van der Waals surface area contributed by atoms with Gasteiger partial charge in [0, 0.05) is 39.1 Å². The Hall–Kier alpha value is -10.7. The minimum atomic E-state index is -0.663. The molecule has 0 aromatic heterocycles. The lowest BCUT2D eigenvalue weighted by molar-refractivity contribution is 0.436. The second kappa shape index (κ2) is 16.7. The summed E-state index contributed by atoms with van der Waals surface area (Å²) < 4.78 is 13.6. The van der Waals surface area contributed by atoms with Crippen LogP contribution in [0.1, 0.15) is 66.8 Å². The summed E-state index contributed by atoms with van der Waals surface area (Å²) in [5.74, 6) is 3.53. The van der Waals surface area contributed by atoms with Crippen LogP contribution in [-0.2, 0) is 16.2 Å². The molecule has 84 heavy (non-hydrogen) atoms. The first-order valence-electron chi connectivity index (χ1n) is 29.2. The van der Waals surface area contributed by atoms with Crippen molar-refractivity contribution >= 4 is 17.1 Å². The molecule has 4 aliphatic carbocycles. The van der Waals surface area contributed by atoms with Gasteiger partial charge in [0.25, 0.3) is 0 Å². The molecule has 2 aliphatic heterocycles. The Morgan fingerprint density at radius 1 is 0.214 bits per heavy atom. The number of hydrogen-bond acceptors (Lipinski definition) is 3. The zero-order valence-electron chi connectivity index (χ0n) is 45.6. The van der Waals surface area contributed by atoms with Crippen LogP contribution < -0.4 is 14.4 Å². The topological polar surface area (TPSA) is 21.7 Å². The number of hydrogen-bond donors (Lipinski definition) is 0. The zero-order chi connectivity index (χ0) is 54.9. The number of ether oxygens (including phenoxy) is 2. The third kappa shape index (κ3) is 5.57. The van der Waals surface area contributed by atoms with Gasteiger partial charge in [-0.2, -0.15) is 0 Å². The number of anilines is 3. The van der Waals surface area contributed by atoms with Crippen LogP contribution in [0.15, 0.2) is 297 Å². The second-order valence-electron chi connectivity index (χ2n) is 23.2. The molecule has 6 aliphatic rings. The molecule has 3 spiro atoms. The van der Waals surface area contributed by atoms with E-state index in [4.69, 9.17) is 9.47 Å². The van der Waals surface area contributed by atoms with Gasteiger partial charge in [-0.05, 0) is 144 Å². The van der Waals surface area contributed by atoms with Crippen molar-refractivity contribution in [3.05, 3.63) is 364 Å². The average Bonchev–Trinajstić information content (AvgIpc) is 1.56. The summed E-state index contributed by atoms with van der Waals surface area (Å²) in [6.07, 6.45) is 0. The molecule has 0 N–H and O–H groups in total. The van der Waals surface area contributed by atoms with E-state index in [1.54, 1.807) is 0 Å². The van der Waals surface area contributed by atoms with Crippen LogP contribution in [0, 0.1) is 0 Å². The van der Waals surface area contributed by atoms with Crippen LogP contribution in [0.3, 0.4) is 0 Å². The van der Waals surface area contributed by atoms with E-state index in [1.165, 1.54) is 89.0 Å². The SMILES string of the molecule is c1ccc2c(c1)Oc1ccccc1C21c2ccccc2-c2cc(-c3ccccc3N(c3ccc4c(c3)C3(c5ccccc5-c5ccccc53)c3ccccc3-4)c3cccc4c3-c3ccccc3C43c4ccccc4Oc4ccccc43)ccc21. The standard InChI is InChI=1S/C81H49NO2/c1-7-28-60-53(23-1)54-24-2-8-29-61(54)79(60)62-30-9-3-25-55(62)57-46-45-51(49-71(57)79)82(73-39-21-37-70-78(73)58-27-5-11-32-64(58)81(70)68-35-14-19-42-76(68)84-77-43-20-15-36-69(77)81)72-38-16-6-22-52(72)50-44-47-65-59(48-50)56-26-4-10-31-63(56)80(65)66-33-12-17-40-74(66)83-75-41-18-13-34-67(75)80/h1-49H. The number of benzene rings is 13. The summed E-state index contributed by atoms with van der Waals surface area (Å²) in [7, 11) is 0. The van der Waals surface area contributed by atoms with E-state index in [1.807, 2.05) is 0 Å². The lowest BCUT2D eigenvalue weighted by atomic mass is 9.66. The van der Waals surface area contributed by atoms with Gasteiger partial charge in [0.1, 0.15) is 23.0 Å². The maximum absolute atomic E-state index is 6.85. The predicted molar refractivity (Wildman–Crippen MR) is 338 cm³/mol. The van der Waals surface area contributed by atoms with E-state index in [9.17, 15) is 0 Å². The predicted octanol–water partition coefficient (Wildman–Crippen LogP) is 20.1. The Balaban J connectivity index is 0.895. The zero-order valence-corrected chi connectivity index (χ0v) is 45.6. The fourth-order valence-corrected chi connectivity index (χ4v) is 16.6. The first-order chi connectivity index (χ1) is 41.7. The van der Waals surface area contributed by atoms with Crippen LogP contribution in [0.25, 0.3) is 55.6 Å². The lowest BCUT2D eigenvalue weighted by Crippen LogP contribution is -2.32. The summed E-state index contributed by atoms with van der Waals surface area (Å²) in [6.45, 7) is 0. The number of fused-ring (bicyclic) bond motifs is 28. The van der Waals surface area contributed by atoms with Crippen molar-refractivity contribution < 1.29 is 9.47 Å². The minimum Gasteiger partial charge on any atom is -0.457 e. The van der Waals surface area contributed by atoms with Gasteiger partial charge in [-0.15, -0.1) is 0 Å². The molecule has 0 radical (unpaired) electrons. The van der Waals surface area contributed by atoms with Crippen molar-refractivity contribution in [2.45, 2.75) is 16.2 Å². The highest BCUT2D eigenvalue weighted by Gasteiger charge is 2.55. The van der Waals surface area contributed by atoms with Crippen LogP contribution in [-0.4, -0.2) is 0 Å². The van der Waals surface area contributed by atoms with Crippen molar-refractivity contribution in [2.75, 3.05) is 4.90 Å².